The molecule has 1 saturated heterocycles. The number of hydrogen-bond acceptors (Lipinski definition) is 18. The number of benzene rings is 4. The van der Waals surface area contributed by atoms with Crippen molar-refractivity contribution in [1.29, 1.82) is 0 Å². The van der Waals surface area contributed by atoms with Gasteiger partial charge >= 0.3 is 35.8 Å². The summed E-state index contributed by atoms with van der Waals surface area (Å²) in [5.74, 6) is -6.24. The number of carbonyl (C=O) groups excluding carboxylic acids is 6. The molecule has 0 spiro atoms. The molecule has 0 aliphatic carbocycles. The molecule has 0 radical (unpaired) electrons. The highest BCUT2D eigenvalue weighted by molar-refractivity contribution is 7.99. The van der Waals surface area contributed by atoms with E-state index in [1.807, 2.05) is 12.1 Å². The first-order valence-corrected chi connectivity index (χ1v) is 23.1. The summed E-state index contributed by atoms with van der Waals surface area (Å²) in [6.45, 7) is 5.87. The average molecular weight is 961 g/mol. The van der Waals surface area contributed by atoms with Gasteiger partial charge in [-0.05, 0) is 47.6 Å². The van der Waals surface area contributed by atoms with Crippen LogP contribution >= 0.6 is 11.8 Å². The Balaban J connectivity index is 1.44. The summed E-state index contributed by atoms with van der Waals surface area (Å²) in [4.78, 5) is 76.9. The lowest BCUT2D eigenvalue weighted by Gasteiger charge is -2.41. The van der Waals surface area contributed by atoms with Gasteiger partial charge in [0.1, 0.15) is 43.6 Å². The number of aliphatic hydroxyl groups is 2. The summed E-state index contributed by atoms with van der Waals surface area (Å²) in [5.41, 5.74) is -0.186. The zero-order chi connectivity index (χ0) is 49.2. The van der Waals surface area contributed by atoms with Crippen LogP contribution in [0.25, 0.3) is 0 Å². The Bertz CT molecular complexity index is 2280. The maximum Gasteiger partial charge on any atom is 0.338 e. The van der Waals surface area contributed by atoms with Gasteiger partial charge in [0.2, 0.25) is 11.5 Å². The number of aliphatic hydroxyl groups excluding tert-OH is 2. The van der Waals surface area contributed by atoms with Gasteiger partial charge in [-0.25, -0.2) is 9.59 Å². The molecule has 0 unspecified atom stereocenters. The van der Waals surface area contributed by atoms with E-state index in [9.17, 15) is 39.0 Å². The lowest BCUT2D eigenvalue weighted by Crippen LogP contribution is -2.59. The minimum atomic E-state index is -1.79. The molecular formula is C50H56O17S. The highest BCUT2D eigenvalue weighted by Crippen LogP contribution is 2.42. The summed E-state index contributed by atoms with van der Waals surface area (Å²) in [6.07, 6.45) is -0.436. The van der Waals surface area contributed by atoms with Crippen molar-refractivity contribution in [2.24, 2.45) is 0 Å². The van der Waals surface area contributed by atoms with Crippen molar-refractivity contribution in [2.75, 3.05) is 12.4 Å². The molecule has 0 aromatic heterocycles. The first-order chi connectivity index (χ1) is 32.6. The number of unbranched alkanes of at least 4 members (excludes halogenated alkanes) is 5. The molecule has 0 bridgehead atoms. The standard InChI is InChI=1S/C50H56O17S/c1-6-7-8-9-10-17-22-68-50-44(56)43(55)47(67-49(58)37-25-40(64-32(4)53)46(41(26-37)65-33(5)54)60-28-35-20-15-12-16-21-35)42(66-50)29-61-48(57)36-23-38(62-30(2)51)45(39(24-36)63-31(3)52)59-27-34-18-13-11-14-19-34/h11-16,18-21,23-26,42-44,47,50,55-56H,6-10,17,22,27-29H2,1-5H3/t42-,43-,44-,47-,50+/m1/s1. The van der Waals surface area contributed by atoms with Gasteiger partial charge in [0.15, 0.2) is 29.1 Å². The van der Waals surface area contributed by atoms with Gasteiger partial charge in [0, 0.05) is 27.7 Å². The molecule has 5 atom stereocenters. The molecule has 2 N–H and O–H groups in total. The molecule has 0 saturated carbocycles. The Hall–Kier alpha value is -6.47. The third kappa shape index (κ3) is 15.8. The van der Waals surface area contributed by atoms with Crippen LogP contribution in [0.3, 0.4) is 0 Å². The molecule has 1 fully saturated rings. The van der Waals surface area contributed by atoms with Crippen LogP contribution in [0.4, 0.5) is 0 Å². The maximum absolute atomic E-state index is 14.1. The predicted molar refractivity (Wildman–Crippen MR) is 246 cm³/mol. The van der Waals surface area contributed by atoms with Crippen LogP contribution in [0.2, 0.25) is 0 Å². The van der Waals surface area contributed by atoms with Gasteiger partial charge in [-0.3, -0.25) is 19.2 Å². The first kappa shape index (κ1) is 52.5. The van der Waals surface area contributed by atoms with E-state index in [0.717, 1.165) is 102 Å². The van der Waals surface area contributed by atoms with E-state index in [2.05, 4.69) is 6.92 Å². The number of carbonyl (C=O) groups is 6. The molecule has 1 heterocycles. The quantitative estimate of drug-likeness (QED) is 0.0418. The molecule has 4 aromatic carbocycles. The molecule has 18 heteroatoms. The molecule has 1 aliphatic rings. The van der Waals surface area contributed by atoms with Gasteiger partial charge in [0.25, 0.3) is 0 Å². The fourth-order valence-corrected chi connectivity index (χ4v) is 8.08. The summed E-state index contributed by atoms with van der Waals surface area (Å²) in [6, 6.07) is 22.4. The molecule has 68 heavy (non-hydrogen) atoms. The molecule has 0 amide bonds. The second kappa shape index (κ2) is 26.2. The fourth-order valence-electron chi connectivity index (χ4n) is 6.89. The lowest BCUT2D eigenvalue weighted by molar-refractivity contribution is -0.206. The maximum atomic E-state index is 14.1. The molecule has 364 valence electrons. The Labute approximate surface area is 398 Å². The van der Waals surface area contributed by atoms with E-state index in [0.29, 0.717) is 5.75 Å². The van der Waals surface area contributed by atoms with Gasteiger partial charge in [-0.1, -0.05) is 99.7 Å². The van der Waals surface area contributed by atoms with Crippen LogP contribution in [0.15, 0.2) is 84.9 Å². The first-order valence-electron chi connectivity index (χ1n) is 22.1. The lowest BCUT2D eigenvalue weighted by atomic mass is 9.99. The van der Waals surface area contributed by atoms with Gasteiger partial charge in [0.05, 0.1) is 11.1 Å². The van der Waals surface area contributed by atoms with Crippen molar-refractivity contribution < 1.29 is 81.6 Å². The number of thioether (sulfide) groups is 1. The Morgan fingerprint density at radius 3 is 1.44 bits per heavy atom. The van der Waals surface area contributed by atoms with Crippen LogP contribution in [0, 0.1) is 0 Å². The van der Waals surface area contributed by atoms with Gasteiger partial charge in [-0.15, -0.1) is 11.8 Å². The van der Waals surface area contributed by atoms with E-state index in [1.54, 1.807) is 48.5 Å². The largest absolute Gasteiger partial charge is 0.482 e. The van der Waals surface area contributed by atoms with Gasteiger partial charge in [-0.2, -0.15) is 0 Å². The average Bonchev–Trinajstić information content (AvgIpc) is 3.29. The third-order valence-electron chi connectivity index (χ3n) is 10.0. The van der Waals surface area contributed by atoms with Crippen molar-refractivity contribution in [3.8, 4) is 34.5 Å². The van der Waals surface area contributed by atoms with Crippen molar-refractivity contribution >= 4 is 47.6 Å². The summed E-state index contributed by atoms with van der Waals surface area (Å²) >= 11 is 1.23. The van der Waals surface area contributed by atoms with Crippen molar-refractivity contribution in [3.05, 3.63) is 107 Å². The van der Waals surface area contributed by atoms with E-state index in [-0.39, 0.29) is 58.8 Å². The van der Waals surface area contributed by atoms with E-state index >= 15 is 0 Å². The number of rotatable bonds is 23. The van der Waals surface area contributed by atoms with E-state index in [4.69, 9.17) is 42.6 Å². The molecule has 17 nitrogen and oxygen atoms in total. The zero-order valence-electron chi connectivity index (χ0n) is 38.5. The monoisotopic (exact) mass is 960 g/mol. The van der Waals surface area contributed by atoms with Crippen molar-refractivity contribution in [2.45, 2.75) is 116 Å². The topological polar surface area (TPSA) is 226 Å². The summed E-state index contributed by atoms with van der Waals surface area (Å²) in [7, 11) is 0. The number of ether oxygens (including phenoxy) is 9. The molecule has 4 aromatic rings. The minimum Gasteiger partial charge on any atom is -0.482 e. The van der Waals surface area contributed by atoms with Crippen LogP contribution in [0.1, 0.15) is 105 Å². The minimum absolute atomic E-state index is 0.0270. The van der Waals surface area contributed by atoms with Crippen molar-refractivity contribution in [3.63, 3.8) is 0 Å². The molecule has 1 aliphatic heterocycles. The summed E-state index contributed by atoms with van der Waals surface area (Å²) in [5, 5.41) is 22.9. The normalized spacial score (nSPS) is 17.5. The highest BCUT2D eigenvalue weighted by atomic mass is 32.2. The fraction of sp³-hybridized carbons (Fsp3) is 0.400. The smallest absolute Gasteiger partial charge is 0.338 e. The Morgan fingerprint density at radius 2 is 1.00 bits per heavy atom. The predicted octanol–water partition coefficient (Wildman–Crippen LogP) is 7.47. The SMILES string of the molecule is CCCCCCCCS[C@@H]1O[C@H](COC(=O)c2cc(OC(C)=O)c(OCc3ccccc3)c(OC(C)=O)c2)[C@@H](OC(=O)c2cc(OC(C)=O)c(OCc3ccccc3)c(OC(C)=O)c2)[C@H](O)[C@H]1O. The molecular weight excluding hydrogens is 905 g/mol. The van der Waals surface area contributed by atoms with Crippen LogP contribution < -0.4 is 28.4 Å². The number of esters is 6. The Kier molecular flexibility index (Phi) is 20.2. The second-order valence-corrected chi connectivity index (χ2v) is 16.9. The zero-order valence-corrected chi connectivity index (χ0v) is 39.3. The number of hydrogen-bond donors (Lipinski definition) is 2. The van der Waals surface area contributed by atoms with E-state index < -0.39 is 72.3 Å². The van der Waals surface area contributed by atoms with Crippen LogP contribution in [0.5, 0.6) is 34.5 Å². The van der Waals surface area contributed by atoms with Crippen LogP contribution in [-0.4, -0.2) is 88.2 Å². The Morgan fingerprint density at radius 1 is 0.574 bits per heavy atom. The molecule has 5 rings (SSSR count). The van der Waals surface area contributed by atoms with Crippen molar-refractivity contribution in [1.82, 2.24) is 0 Å². The third-order valence-corrected chi connectivity index (χ3v) is 11.3. The summed E-state index contributed by atoms with van der Waals surface area (Å²) < 4.78 is 51.1. The second-order valence-electron chi connectivity index (χ2n) is 15.7. The van der Waals surface area contributed by atoms with Crippen LogP contribution in [-0.2, 0) is 46.6 Å². The van der Waals surface area contributed by atoms with E-state index in [1.165, 1.54) is 11.8 Å². The highest BCUT2D eigenvalue weighted by Gasteiger charge is 2.47. The van der Waals surface area contributed by atoms with Gasteiger partial charge < -0.3 is 52.8 Å².